The number of carboxylic acids is 1. The fraction of sp³-hybridized carbons (Fsp3) is 0.400. The van der Waals surface area contributed by atoms with Crippen LogP contribution in [0.4, 0.5) is 0 Å². The summed E-state index contributed by atoms with van der Waals surface area (Å²) in [4.78, 5) is 28.2. The lowest BCUT2D eigenvalue weighted by Gasteiger charge is -2.10. The number of rotatable bonds is 7. The van der Waals surface area contributed by atoms with Gasteiger partial charge in [-0.05, 0) is 46.2 Å². The highest BCUT2D eigenvalue weighted by Gasteiger charge is 2.20. The van der Waals surface area contributed by atoms with Crippen molar-refractivity contribution in [3.05, 3.63) is 35.4 Å². The van der Waals surface area contributed by atoms with Crippen molar-refractivity contribution in [2.45, 2.75) is 46.6 Å². The van der Waals surface area contributed by atoms with Gasteiger partial charge in [0, 0.05) is 24.6 Å². The van der Waals surface area contributed by atoms with Gasteiger partial charge in [0.15, 0.2) is 5.65 Å². The maximum absolute atomic E-state index is 12.8. The molecular formula is C20H24N4O4. The number of aliphatic carboxylic acids is 1. The summed E-state index contributed by atoms with van der Waals surface area (Å²) in [7, 11) is 0. The van der Waals surface area contributed by atoms with Gasteiger partial charge in [-0.2, -0.15) is 5.10 Å². The Morgan fingerprint density at radius 1 is 1.29 bits per heavy atom. The molecule has 0 bridgehead atoms. The third-order valence-corrected chi connectivity index (χ3v) is 4.47. The normalized spacial score (nSPS) is 11.3. The molecule has 0 aliphatic heterocycles. The molecule has 148 valence electrons. The third kappa shape index (κ3) is 3.90. The molecule has 0 fully saturated rings. The number of carboxylic acid groups (broad SMARTS) is 1. The van der Waals surface area contributed by atoms with E-state index in [0.717, 1.165) is 17.1 Å². The average molecular weight is 384 g/mol. The number of hydrogen-bond acceptors (Lipinski definition) is 5. The zero-order valence-electron chi connectivity index (χ0n) is 16.4. The Kier molecular flexibility index (Phi) is 5.48. The number of aryl methyl sites for hydroxylation is 2. The summed E-state index contributed by atoms with van der Waals surface area (Å²) in [6, 6.07) is 3.71. The van der Waals surface area contributed by atoms with Crippen LogP contribution in [0.1, 0.15) is 54.6 Å². The number of pyridine rings is 1. The lowest BCUT2D eigenvalue weighted by atomic mass is 10.1. The van der Waals surface area contributed by atoms with Gasteiger partial charge in [-0.1, -0.05) is 0 Å². The first-order valence-corrected chi connectivity index (χ1v) is 9.23. The summed E-state index contributed by atoms with van der Waals surface area (Å²) in [5, 5.41) is 16.6. The van der Waals surface area contributed by atoms with Crippen molar-refractivity contribution in [3.8, 4) is 11.3 Å². The van der Waals surface area contributed by atoms with Crippen molar-refractivity contribution < 1.29 is 19.1 Å². The maximum Gasteiger partial charge on any atom is 0.303 e. The smallest absolute Gasteiger partial charge is 0.303 e. The molecule has 0 spiro atoms. The fourth-order valence-electron chi connectivity index (χ4n) is 3.14. The minimum atomic E-state index is -0.883. The minimum absolute atomic E-state index is 0.00998. The quantitative estimate of drug-likeness (QED) is 0.604. The highest BCUT2D eigenvalue weighted by molar-refractivity contribution is 6.06. The van der Waals surface area contributed by atoms with E-state index in [1.54, 1.807) is 16.9 Å². The molecule has 0 atom stereocenters. The van der Waals surface area contributed by atoms with Crippen molar-refractivity contribution in [3.63, 3.8) is 0 Å². The van der Waals surface area contributed by atoms with Crippen LogP contribution >= 0.6 is 0 Å². The van der Waals surface area contributed by atoms with E-state index in [9.17, 15) is 9.59 Å². The molecule has 28 heavy (non-hydrogen) atoms. The summed E-state index contributed by atoms with van der Waals surface area (Å²) in [6.07, 6.45) is 2.02. The Hall–Kier alpha value is -3.16. The molecule has 0 aliphatic rings. The van der Waals surface area contributed by atoms with Gasteiger partial charge in [0.05, 0.1) is 22.8 Å². The number of furan rings is 1. The SMILES string of the molecule is Cc1cc(-c2cc(C(=O)NCCCC(=O)O)c3cnn(C(C)C)c3n2)c(C)o1. The molecular weight excluding hydrogens is 360 g/mol. The number of hydrogen-bond donors (Lipinski definition) is 2. The van der Waals surface area contributed by atoms with Crippen molar-refractivity contribution in [2.75, 3.05) is 6.54 Å². The van der Waals surface area contributed by atoms with Gasteiger partial charge in [0.1, 0.15) is 11.5 Å². The molecule has 0 unspecified atom stereocenters. The zero-order valence-corrected chi connectivity index (χ0v) is 16.4. The molecule has 3 aromatic heterocycles. The zero-order chi connectivity index (χ0) is 20.4. The second-order valence-corrected chi connectivity index (χ2v) is 7.06. The number of carbonyl (C=O) groups is 2. The number of fused-ring (bicyclic) bond motifs is 1. The lowest BCUT2D eigenvalue weighted by Crippen LogP contribution is -2.25. The first-order valence-electron chi connectivity index (χ1n) is 9.23. The Morgan fingerprint density at radius 3 is 2.64 bits per heavy atom. The number of amides is 1. The van der Waals surface area contributed by atoms with E-state index in [1.807, 2.05) is 33.8 Å². The third-order valence-electron chi connectivity index (χ3n) is 4.47. The van der Waals surface area contributed by atoms with Crippen LogP contribution in [0.2, 0.25) is 0 Å². The molecule has 0 aromatic carbocycles. The molecule has 0 saturated heterocycles. The van der Waals surface area contributed by atoms with Crippen LogP contribution in [0, 0.1) is 13.8 Å². The standard InChI is InChI=1S/C20H24N4O4/c1-11(2)24-19-16(10-22-24)15(20(27)21-7-5-6-18(25)26)9-17(23-19)14-8-12(3)28-13(14)4/h8-11H,5-7H2,1-4H3,(H,21,27)(H,25,26). The van der Waals surface area contributed by atoms with Crippen molar-refractivity contribution >= 4 is 22.9 Å². The lowest BCUT2D eigenvalue weighted by molar-refractivity contribution is -0.137. The van der Waals surface area contributed by atoms with E-state index in [0.29, 0.717) is 28.7 Å². The minimum Gasteiger partial charge on any atom is -0.481 e. The second-order valence-electron chi connectivity index (χ2n) is 7.06. The molecule has 8 heteroatoms. The van der Waals surface area contributed by atoms with E-state index in [2.05, 4.69) is 10.4 Å². The molecule has 3 heterocycles. The largest absolute Gasteiger partial charge is 0.481 e. The van der Waals surface area contributed by atoms with Crippen molar-refractivity contribution in [1.29, 1.82) is 0 Å². The monoisotopic (exact) mass is 384 g/mol. The van der Waals surface area contributed by atoms with Gasteiger partial charge < -0.3 is 14.8 Å². The van der Waals surface area contributed by atoms with Crippen LogP contribution in [-0.2, 0) is 4.79 Å². The average Bonchev–Trinajstić information content (AvgIpc) is 3.20. The first-order chi connectivity index (χ1) is 13.3. The Labute approximate surface area is 162 Å². The summed E-state index contributed by atoms with van der Waals surface area (Å²) in [5.41, 5.74) is 2.55. The second kappa shape index (κ2) is 7.84. The van der Waals surface area contributed by atoms with Crippen LogP contribution in [0.25, 0.3) is 22.3 Å². The Bertz CT molecular complexity index is 1030. The van der Waals surface area contributed by atoms with Crippen LogP contribution in [0.15, 0.2) is 22.7 Å². The molecule has 3 aromatic rings. The van der Waals surface area contributed by atoms with Crippen molar-refractivity contribution in [2.24, 2.45) is 0 Å². The number of nitrogens with one attached hydrogen (secondary N) is 1. The molecule has 8 nitrogen and oxygen atoms in total. The highest BCUT2D eigenvalue weighted by Crippen LogP contribution is 2.30. The Morgan fingerprint density at radius 2 is 2.04 bits per heavy atom. The van der Waals surface area contributed by atoms with Crippen LogP contribution < -0.4 is 5.32 Å². The molecule has 3 rings (SSSR count). The van der Waals surface area contributed by atoms with E-state index < -0.39 is 5.97 Å². The first kappa shape index (κ1) is 19.6. The molecule has 0 saturated carbocycles. The number of aromatic nitrogens is 3. The highest BCUT2D eigenvalue weighted by atomic mass is 16.4. The van der Waals surface area contributed by atoms with E-state index >= 15 is 0 Å². The molecule has 0 radical (unpaired) electrons. The predicted molar refractivity (Wildman–Crippen MR) is 104 cm³/mol. The number of carbonyl (C=O) groups excluding carboxylic acids is 1. The van der Waals surface area contributed by atoms with Gasteiger partial charge >= 0.3 is 5.97 Å². The van der Waals surface area contributed by atoms with Gasteiger partial charge in [0.25, 0.3) is 5.91 Å². The number of nitrogens with zero attached hydrogens (tertiary/aromatic N) is 3. The van der Waals surface area contributed by atoms with E-state index in [1.165, 1.54) is 0 Å². The van der Waals surface area contributed by atoms with Gasteiger partial charge in [-0.25, -0.2) is 9.67 Å². The topological polar surface area (TPSA) is 110 Å². The van der Waals surface area contributed by atoms with Crippen LogP contribution in [-0.4, -0.2) is 38.3 Å². The molecule has 2 N–H and O–H groups in total. The summed E-state index contributed by atoms with van der Waals surface area (Å²) in [5.74, 6) is 0.339. The maximum atomic E-state index is 12.8. The predicted octanol–water partition coefficient (Wildman–Crippen LogP) is 3.48. The van der Waals surface area contributed by atoms with Crippen molar-refractivity contribution in [1.82, 2.24) is 20.1 Å². The Balaban J connectivity index is 2.03. The summed E-state index contributed by atoms with van der Waals surface area (Å²) >= 11 is 0. The van der Waals surface area contributed by atoms with E-state index in [4.69, 9.17) is 14.5 Å². The fourth-order valence-corrected chi connectivity index (χ4v) is 3.14. The van der Waals surface area contributed by atoms with Crippen LogP contribution in [0.5, 0.6) is 0 Å². The summed E-state index contributed by atoms with van der Waals surface area (Å²) in [6.45, 7) is 8.01. The summed E-state index contributed by atoms with van der Waals surface area (Å²) < 4.78 is 7.40. The van der Waals surface area contributed by atoms with Gasteiger partial charge in [0.2, 0.25) is 0 Å². The molecule has 0 aliphatic carbocycles. The van der Waals surface area contributed by atoms with Gasteiger partial charge in [-0.15, -0.1) is 0 Å². The van der Waals surface area contributed by atoms with E-state index in [-0.39, 0.29) is 24.9 Å². The van der Waals surface area contributed by atoms with Gasteiger partial charge in [-0.3, -0.25) is 9.59 Å². The van der Waals surface area contributed by atoms with Crippen LogP contribution in [0.3, 0.4) is 0 Å². The molecule has 1 amide bonds.